The third-order valence-electron chi connectivity index (χ3n) is 3.02. The van der Waals surface area contributed by atoms with E-state index in [2.05, 4.69) is 20.9 Å². The number of fused-ring (bicyclic) bond motifs is 1. The summed E-state index contributed by atoms with van der Waals surface area (Å²) in [5.41, 5.74) is 5.31. The van der Waals surface area contributed by atoms with Crippen LogP contribution in [0, 0.1) is 5.92 Å². The van der Waals surface area contributed by atoms with E-state index in [4.69, 9.17) is 5.73 Å². The number of halogens is 1. The second-order valence-corrected chi connectivity index (χ2v) is 7.42. The van der Waals surface area contributed by atoms with Gasteiger partial charge in [0.1, 0.15) is 0 Å². The molecule has 0 radical (unpaired) electrons. The molecule has 3 amide bonds. The molecule has 128 valence electrons. The minimum Gasteiger partial charge on any atom is -0.351 e. The zero-order chi connectivity index (χ0) is 17.9. The van der Waals surface area contributed by atoms with E-state index >= 15 is 0 Å². The highest BCUT2D eigenvalue weighted by atomic mass is 79.9. The molecule has 2 aromatic rings. The Kier molecular flexibility index (Phi) is 6.00. The van der Waals surface area contributed by atoms with E-state index in [-0.39, 0.29) is 17.2 Å². The normalized spacial score (nSPS) is 11.0. The van der Waals surface area contributed by atoms with E-state index in [0.717, 1.165) is 16.2 Å². The molecule has 0 aliphatic heterocycles. The van der Waals surface area contributed by atoms with Gasteiger partial charge in [0.05, 0.1) is 16.7 Å². The molecule has 1 heterocycles. The van der Waals surface area contributed by atoms with Crippen LogP contribution in [0.25, 0.3) is 10.9 Å². The summed E-state index contributed by atoms with van der Waals surface area (Å²) in [6, 6.07) is 4.37. The Bertz CT molecular complexity index is 850. The molecule has 7 nitrogen and oxygen atoms in total. The van der Waals surface area contributed by atoms with Gasteiger partial charge in [0.25, 0.3) is 5.56 Å². The number of thioether (sulfide) groups is 1. The quantitative estimate of drug-likeness (QED) is 0.577. The first kappa shape index (κ1) is 18.5. The number of primary amides is 1. The molecule has 2 rings (SSSR count). The van der Waals surface area contributed by atoms with Gasteiger partial charge in [-0.25, -0.2) is 9.78 Å². The maximum absolute atomic E-state index is 12.8. The monoisotopic (exact) mass is 412 g/mol. The predicted octanol–water partition coefficient (Wildman–Crippen LogP) is 2.10. The van der Waals surface area contributed by atoms with E-state index in [1.165, 1.54) is 0 Å². The van der Waals surface area contributed by atoms with Gasteiger partial charge in [-0.1, -0.05) is 41.5 Å². The molecular formula is C15H17BrN4O3S. The van der Waals surface area contributed by atoms with Crippen LogP contribution < -0.4 is 16.6 Å². The SMILES string of the molecule is CC(C)Cn1c(SCC(=O)NC(N)=O)nc2ccc(Br)cc2c1=O. The van der Waals surface area contributed by atoms with Crippen LogP contribution in [-0.2, 0) is 11.3 Å². The van der Waals surface area contributed by atoms with E-state index in [1.54, 1.807) is 22.8 Å². The van der Waals surface area contributed by atoms with Crippen molar-refractivity contribution < 1.29 is 9.59 Å². The lowest BCUT2D eigenvalue weighted by Gasteiger charge is -2.14. The molecule has 0 saturated carbocycles. The van der Waals surface area contributed by atoms with Crippen LogP contribution in [-0.4, -0.2) is 27.2 Å². The number of nitrogens with one attached hydrogen (secondary N) is 1. The zero-order valence-electron chi connectivity index (χ0n) is 13.2. The third kappa shape index (κ3) is 4.57. The third-order valence-corrected chi connectivity index (χ3v) is 4.49. The van der Waals surface area contributed by atoms with Gasteiger partial charge >= 0.3 is 6.03 Å². The van der Waals surface area contributed by atoms with Gasteiger partial charge in [-0.05, 0) is 24.1 Å². The second kappa shape index (κ2) is 7.80. The molecule has 9 heteroatoms. The zero-order valence-corrected chi connectivity index (χ0v) is 15.6. The Morgan fingerprint density at radius 2 is 2.12 bits per heavy atom. The summed E-state index contributed by atoms with van der Waals surface area (Å²) >= 11 is 4.45. The highest BCUT2D eigenvalue weighted by molar-refractivity contribution is 9.10. The first-order chi connectivity index (χ1) is 11.3. The molecule has 0 fully saturated rings. The lowest BCUT2D eigenvalue weighted by atomic mass is 10.2. The first-order valence-electron chi connectivity index (χ1n) is 7.20. The molecule has 0 aliphatic rings. The van der Waals surface area contributed by atoms with Crippen LogP contribution in [0.15, 0.2) is 32.6 Å². The number of imide groups is 1. The first-order valence-corrected chi connectivity index (χ1v) is 8.98. The lowest BCUT2D eigenvalue weighted by molar-refractivity contribution is -0.117. The average molecular weight is 413 g/mol. The maximum Gasteiger partial charge on any atom is 0.318 e. The van der Waals surface area contributed by atoms with Gasteiger partial charge in [-0.2, -0.15) is 0 Å². The van der Waals surface area contributed by atoms with Gasteiger partial charge in [0, 0.05) is 11.0 Å². The fourth-order valence-electron chi connectivity index (χ4n) is 2.11. The van der Waals surface area contributed by atoms with Crippen molar-refractivity contribution >= 4 is 50.5 Å². The smallest absolute Gasteiger partial charge is 0.318 e. The number of urea groups is 1. The maximum atomic E-state index is 12.8. The van der Waals surface area contributed by atoms with E-state index < -0.39 is 11.9 Å². The van der Waals surface area contributed by atoms with Crippen molar-refractivity contribution in [2.75, 3.05) is 5.75 Å². The molecule has 1 aromatic heterocycles. The Hall–Kier alpha value is -1.87. The number of nitrogens with two attached hydrogens (primary N) is 1. The fraction of sp³-hybridized carbons (Fsp3) is 0.333. The Morgan fingerprint density at radius 1 is 1.42 bits per heavy atom. The second-order valence-electron chi connectivity index (χ2n) is 5.57. The number of aromatic nitrogens is 2. The average Bonchev–Trinajstić information content (AvgIpc) is 2.48. The van der Waals surface area contributed by atoms with Crippen molar-refractivity contribution in [3.05, 3.63) is 33.0 Å². The Balaban J connectivity index is 2.43. The molecule has 24 heavy (non-hydrogen) atoms. The Morgan fingerprint density at radius 3 is 2.75 bits per heavy atom. The summed E-state index contributed by atoms with van der Waals surface area (Å²) < 4.78 is 2.35. The minimum absolute atomic E-state index is 0.0600. The van der Waals surface area contributed by atoms with Crippen LogP contribution in [0.4, 0.5) is 4.79 Å². The topological polar surface area (TPSA) is 107 Å². The highest BCUT2D eigenvalue weighted by Crippen LogP contribution is 2.21. The van der Waals surface area contributed by atoms with Gasteiger partial charge in [0.2, 0.25) is 5.91 Å². The summed E-state index contributed by atoms with van der Waals surface area (Å²) in [6.07, 6.45) is 0. The van der Waals surface area contributed by atoms with Crippen LogP contribution in [0.3, 0.4) is 0 Å². The number of carbonyl (C=O) groups excluding carboxylic acids is 2. The molecule has 0 bridgehead atoms. The summed E-state index contributed by atoms with van der Waals surface area (Å²) in [7, 11) is 0. The fourth-order valence-corrected chi connectivity index (χ4v) is 3.28. The van der Waals surface area contributed by atoms with Crippen LogP contribution in [0.2, 0.25) is 0 Å². The summed E-state index contributed by atoms with van der Waals surface area (Å²) in [5.74, 6) is -0.364. The number of hydrogen-bond donors (Lipinski definition) is 2. The van der Waals surface area contributed by atoms with E-state index in [0.29, 0.717) is 22.6 Å². The van der Waals surface area contributed by atoms with Crippen LogP contribution in [0.5, 0.6) is 0 Å². The predicted molar refractivity (Wildman–Crippen MR) is 97.0 cm³/mol. The van der Waals surface area contributed by atoms with Gasteiger partial charge in [-0.15, -0.1) is 0 Å². The van der Waals surface area contributed by atoms with Crippen molar-refractivity contribution in [1.82, 2.24) is 14.9 Å². The highest BCUT2D eigenvalue weighted by Gasteiger charge is 2.15. The number of benzene rings is 1. The standard InChI is InChI=1S/C15H17BrN4O3S/c1-8(2)6-20-13(22)10-5-9(16)3-4-11(10)18-15(20)24-7-12(21)19-14(17)23/h3-5,8H,6-7H2,1-2H3,(H3,17,19,21,23). The number of rotatable bonds is 5. The minimum atomic E-state index is -0.906. The molecule has 0 aliphatic carbocycles. The number of carbonyl (C=O) groups is 2. The number of nitrogens with zero attached hydrogens (tertiary/aromatic N) is 2. The molecule has 0 saturated heterocycles. The molecule has 1 aromatic carbocycles. The Labute approximate surface area is 151 Å². The van der Waals surface area contributed by atoms with E-state index in [1.807, 2.05) is 19.2 Å². The molecule has 0 unspecified atom stereocenters. The van der Waals surface area contributed by atoms with Gasteiger partial charge in [-0.3, -0.25) is 19.5 Å². The van der Waals surface area contributed by atoms with Crippen molar-refractivity contribution in [2.45, 2.75) is 25.5 Å². The summed E-state index contributed by atoms with van der Waals surface area (Å²) in [6.45, 7) is 4.46. The molecular weight excluding hydrogens is 396 g/mol. The number of amides is 3. The van der Waals surface area contributed by atoms with Crippen LogP contribution in [0.1, 0.15) is 13.8 Å². The van der Waals surface area contributed by atoms with Crippen molar-refractivity contribution in [1.29, 1.82) is 0 Å². The van der Waals surface area contributed by atoms with Gasteiger partial charge < -0.3 is 5.73 Å². The number of hydrogen-bond acceptors (Lipinski definition) is 5. The molecule has 0 atom stereocenters. The van der Waals surface area contributed by atoms with E-state index in [9.17, 15) is 14.4 Å². The van der Waals surface area contributed by atoms with Crippen molar-refractivity contribution in [3.63, 3.8) is 0 Å². The van der Waals surface area contributed by atoms with Crippen molar-refractivity contribution in [2.24, 2.45) is 11.7 Å². The largest absolute Gasteiger partial charge is 0.351 e. The summed E-state index contributed by atoms with van der Waals surface area (Å²) in [5, 5.41) is 2.93. The molecule has 3 N–H and O–H groups in total. The summed E-state index contributed by atoms with van der Waals surface area (Å²) in [4.78, 5) is 39.6. The van der Waals surface area contributed by atoms with Gasteiger partial charge in [0.15, 0.2) is 5.16 Å². The molecule has 0 spiro atoms. The van der Waals surface area contributed by atoms with Crippen molar-refractivity contribution in [3.8, 4) is 0 Å². The lowest BCUT2D eigenvalue weighted by Crippen LogP contribution is -2.36. The van der Waals surface area contributed by atoms with Crippen LogP contribution >= 0.6 is 27.7 Å².